The average Bonchev–Trinajstić information content (AvgIpc) is 3.24. The zero-order valence-electron chi connectivity index (χ0n) is 14.6. The monoisotopic (exact) mass is 337 g/mol. The van der Waals surface area contributed by atoms with E-state index in [1.165, 1.54) is 0 Å². The molecule has 0 saturated carbocycles. The van der Waals surface area contributed by atoms with Crippen molar-refractivity contribution < 1.29 is 4.79 Å². The first-order valence-corrected chi connectivity index (χ1v) is 8.67. The Morgan fingerprint density at radius 2 is 2.32 bits per heavy atom. The van der Waals surface area contributed by atoms with Crippen LogP contribution in [-0.4, -0.2) is 33.1 Å². The fraction of sp³-hybridized carbons (Fsp3) is 0.421. The van der Waals surface area contributed by atoms with Crippen LogP contribution in [-0.2, 0) is 6.54 Å². The fourth-order valence-electron chi connectivity index (χ4n) is 3.36. The van der Waals surface area contributed by atoms with Gasteiger partial charge in [0.05, 0.1) is 17.7 Å². The minimum atomic E-state index is -0.108. The summed E-state index contributed by atoms with van der Waals surface area (Å²) in [5.41, 5.74) is 1.19. The summed E-state index contributed by atoms with van der Waals surface area (Å²) in [6.45, 7) is 5.76. The summed E-state index contributed by atoms with van der Waals surface area (Å²) in [4.78, 5) is 19.0. The highest BCUT2D eigenvalue weighted by molar-refractivity contribution is 5.89. The molecule has 1 atom stereocenters. The summed E-state index contributed by atoms with van der Waals surface area (Å²) in [7, 11) is 0. The topological polar surface area (TPSA) is 74.0 Å². The first kappa shape index (κ1) is 17.0. The zero-order chi connectivity index (χ0) is 17.8. The Hall–Kier alpha value is -2.81. The van der Waals surface area contributed by atoms with E-state index in [-0.39, 0.29) is 12.1 Å². The molecule has 1 aromatic carbocycles. The molecule has 1 fully saturated rings. The van der Waals surface area contributed by atoms with Crippen LogP contribution in [0, 0.1) is 11.3 Å². The van der Waals surface area contributed by atoms with Gasteiger partial charge >= 0.3 is 6.03 Å². The second-order valence-corrected chi connectivity index (χ2v) is 6.70. The molecule has 6 heteroatoms. The molecular weight excluding hydrogens is 314 g/mol. The van der Waals surface area contributed by atoms with E-state index < -0.39 is 0 Å². The van der Waals surface area contributed by atoms with Gasteiger partial charge in [0.15, 0.2) is 0 Å². The molecule has 2 aromatic rings. The molecule has 25 heavy (non-hydrogen) atoms. The number of carbonyl (C=O) groups is 1. The number of rotatable bonds is 4. The van der Waals surface area contributed by atoms with Crippen molar-refractivity contribution in [3.63, 3.8) is 0 Å². The second kappa shape index (κ2) is 7.39. The Morgan fingerprint density at radius 3 is 3.08 bits per heavy atom. The molecule has 1 N–H and O–H groups in total. The van der Waals surface area contributed by atoms with E-state index in [2.05, 4.69) is 34.8 Å². The number of imidazole rings is 1. The quantitative estimate of drug-likeness (QED) is 0.927. The van der Waals surface area contributed by atoms with Crippen molar-refractivity contribution in [2.45, 2.75) is 45.2 Å². The van der Waals surface area contributed by atoms with E-state index >= 15 is 0 Å². The van der Waals surface area contributed by atoms with Gasteiger partial charge in [0.2, 0.25) is 0 Å². The van der Waals surface area contributed by atoms with E-state index in [0.29, 0.717) is 17.2 Å². The fourth-order valence-corrected chi connectivity index (χ4v) is 3.36. The number of benzene rings is 1. The normalized spacial score (nSPS) is 16.9. The Morgan fingerprint density at radius 1 is 1.48 bits per heavy atom. The number of urea groups is 1. The lowest BCUT2D eigenvalue weighted by Gasteiger charge is -2.26. The molecule has 1 aliphatic rings. The number of hydrogen-bond donors (Lipinski definition) is 1. The SMILES string of the molecule is CC(C)c1nccn1CC1CCCN1C(=O)Nc1cccc(C#N)c1. The van der Waals surface area contributed by atoms with Gasteiger partial charge in [-0.2, -0.15) is 5.26 Å². The summed E-state index contributed by atoms with van der Waals surface area (Å²) in [5.74, 6) is 1.40. The molecule has 0 spiro atoms. The lowest BCUT2D eigenvalue weighted by atomic mass is 10.2. The molecule has 3 rings (SSSR count). The van der Waals surface area contributed by atoms with Crippen LogP contribution in [0.25, 0.3) is 0 Å². The summed E-state index contributed by atoms with van der Waals surface area (Å²) >= 11 is 0. The van der Waals surface area contributed by atoms with Crippen LogP contribution < -0.4 is 5.32 Å². The molecule has 2 amide bonds. The summed E-state index contributed by atoms with van der Waals surface area (Å²) in [6.07, 6.45) is 5.80. The minimum absolute atomic E-state index is 0.108. The standard InChI is InChI=1S/C19H23N5O/c1-14(2)18-21-8-10-23(18)13-17-7-4-9-24(17)19(25)22-16-6-3-5-15(11-16)12-20/h3,5-6,8,10-11,14,17H,4,7,9,13H2,1-2H3,(H,22,25). The third-order valence-electron chi connectivity index (χ3n) is 4.55. The van der Waals surface area contributed by atoms with Crippen LogP contribution in [0.3, 0.4) is 0 Å². The number of likely N-dealkylation sites (tertiary alicyclic amines) is 1. The molecule has 6 nitrogen and oxygen atoms in total. The lowest BCUT2D eigenvalue weighted by Crippen LogP contribution is -2.41. The van der Waals surface area contributed by atoms with Gasteiger partial charge in [-0.1, -0.05) is 19.9 Å². The van der Waals surface area contributed by atoms with Gasteiger partial charge in [0.1, 0.15) is 5.82 Å². The third kappa shape index (κ3) is 3.82. The Balaban J connectivity index is 1.69. The molecule has 1 aromatic heterocycles. The number of nitriles is 1. The van der Waals surface area contributed by atoms with Crippen LogP contribution >= 0.6 is 0 Å². The number of hydrogen-bond acceptors (Lipinski definition) is 3. The smallest absolute Gasteiger partial charge is 0.322 e. The first-order chi connectivity index (χ1) is 12.1. The van der Waals surface area contributed by atoms with Gasteiger partial charge in [-0.25, -0.2) is 9.78 Å². The Labute approximate surface area is 148 Å². The van der Waals surface area contributed by atoms with Crippen LogP contribution in [0.1, 0.15) is 44.0 Å². The predicted molar refractivity (Wildman–Crippen MR) is 96.2 cm³/mol. The van der Waals surface area contributed by atoms with Crippen molar-refractivity contribution >= 4 is 11.7 Å². The average molecular weight is 337 g/mol. The maximum absolute atomic E-state index is 12.7. The molecule has 0 bridgehead atoms. The maximum Gasteiger partial charge on any atom is 0.322 e. The van der Waals surface area contributed by atoms with Gasteiger partial charge in [-0.3, -0.25) is 0 Å². The number of nitrogens with one attached hydrogen (secondary N) is 1. The highest BCUT2D eigenvalue weighted by atomic mass is 16.2. The van der Waals surface area contributed by atoms with E-state index in [9.17, 15) is 4.79 Å². The second-order valence-electron chi connectivity index (χ2n) is 6.70. The minimum Gasteiger partial charge on any atom is -0.333 e. The molecule has 2 heterocycles. The zero-order valence-corrected chi connectivity index (χ0v) is 14.6. The number of carbonyl (C=O) groups excluding carboxylic acids is 1. The predicted octanol–water partition coefficient (Wildman–Crippen LogP) is 3.57. The van der Waals surface area contributed by atoms with Gasteiger partial charge in [0.25, 0.3) is 0 Å². The van der Waals surface area contributed by atoms with Crippen LogP contribution in [0.2, 0.25) is 0 Å². The number of aromatic nitrogens is 2. The molecule has 1 unspecified atom stereocenters. The molecule has 130 valence electrons. The van der Waals surface area contributed by atoms with Gasteiger partial charge < -0.3 is 14.8 Å². The van der Waals surface area contributed by atoms with E-state index in [1.54, 1.807) is 24.3 Å². The Kier molecular flexibility index (Phi) is 5.03. The number of anilines is 1. The highest BCUT2D eigenvalue weighted by Gasteiger charge is 2.29. The highest BCUT2D eigenvalue weighted by Crippen LogP contribution is 2.22. The van der Waals surface area contributed by atoms with Crippen LogP contribution in [0.5, 0.6) is 0 Å². The van der Waals surface area contributed by atoms with Crippen LogP contribution in [0.4, 0.5) is 10.5 Å². The van der Waals surface area contributed by atoms with Crippen molar-refractivity contribution in [3.05, 3.63) is 48.0 Å². The van der Waals surface area contributed by atoms with E-state index in [0.717, 1.165) is 31.8 Å². The molecule has 1 saturated heterocycles. The van der Waals surface area contributed by atoms with Gasteiger partial charge in [0, 0.05) is 37.1 Å². The first-order valence-electron chi connectivity index (χ1n) is 8.67. The van der Waals surface area contributed by atoms with E-state index in [1.807, 2.05) is 17.3 Å². The van der Waals surface area contributed by atoms with Gasteiger partial charge in [-0.05, 0) is 31.0 Å². The molecule has 0 radical (unpaired) electrons. The van der Waals surface area contributed by atoms with Crippen molar-refractivity contribution in [1.82, 2.24) is 14.5 Å². The number of amides is 2. The summed E-state index contributed by atoms with van der Waals surface area (Å²) < 4.78 is 2.15. The molecule has 0 aliphatic carbocycles. The third-order valence-corrected chi connectivity index (χ3v) is 4.55. The van der Waals surface area contributed by atoms with Gasteiger partial charge in [-0.15, -0.1) is 0 Å². The van der Waals surface area contributed by atoms with Crippen molar-refractivity contribution in [2.24, 2.45) is 0 Å². The number of nitrogens with zero attached hydrogens (tertiary/aromatic N) is 4. The maximum atomic E-state index is 12.7. The molecule has 1 aliphatic heterocycles. The molecular formula is C19H23N5O. The Bertz CT molecular complexity index is 789. The largest absolute Gasteiger partial charge is 0.333 e. The lowest BCUT2D eigenvalue weighted by molar-refractivity contribution is 0.200. The van der Waals surface area contributed by atoms with Crippen LogP contribution in [0.15, 0.2) is 36.7 Å². The summed E-state index contributed by atoms with van der Waals surface area (Å²) in [6, 6.07) is 9.13. The van der Waals surface area contributed by atoms with E-state index in [4.69, 9.17) is 5.26 Å². The van der Waals surface area contributed by atoms with Crippen molar-refractivity contribution in [3.8, 4) is 6.07 Å². The summed E-state index contributed by atoms with van der Waals surface area (Å²) in [5, 5.41) is 11.9. The van der Waals surface area contributed by atoms with Crippen molar-refractivity contribution in [1.29, 1.82) is 5.26 Å². The van der Waals surface area contributed by atoms with Crippen molar-refractivity contribution in [2.75, 3.05) is 11.9 Å².